The van der Waals surface area contributed by atoms with Crippen LogP contribution < -0.4 is 0 Å². The summed E-state index contributed by atoms with van der Waals surface area (Å²) in [5.74, 6) is 0. The first-order chi connectivity index (χ1) is 1.73. The molecule has 0 N–H and O–H groups in total. The van der Waals surface area contributed by atoms with E-state index in [1.807, 2.05) is 0 Å². The van der Waals surface area contributed by atoms with Gasteiger partial charge in [0.1, 0.15) is 0 Å². The van der Waals surface area contributed by atoms with Gasteiger partial charge in [0.05, 0.1) is 0 Å². The van der Waals surface area contributed by atoms with E-state index >= 15 is 0 Å². The normalized spacial score (nSPS) is 6.25. The van der Waals surface area contributed by atoms with Gasteiger partial charge in [0.2, 0.25) is 0 Å². The molecule has 22 valence electrons. The van der Waals surface area contributed by atoms with Crippen LogP contribution in [0.2, 0.25) is 0 Å². The van der Waals surface area contributed by atoms with Crippen LogP contribution in [0.1, 0.15) is 0 Å². The van der Waals surface area contributed by atoms with Gasteiger partial charge in [-0.15, -0.1) is 0 Å². The van der Waals surface area contributed by atoms with Gasteiger partial charge in [0, 0.05) is 0 Å². The number of hydrogen-bond donors (Lipinski definition) is 0. The summed E-state index contributed by atoms with van der Waals surface area (Å²) >= 11 is 0.235. The molecule has 0 unspecified atom stereocenters. The summed E-state index contributed by atoms with van der Waals surface area (Å²) in [6, 6.07) is 0. The molecule has 0 heterocycles. The van der Waals surface area contributed by atoms with Crippen LogP contribution in [0.4, 0.5) is 0 Å². The third kappa shape index (κ3) is 46.9. The van der Waals surface area contributed by atoms with E-state index < -0.39 is 0 Å². The Morgan fingerprint density at radius 1 is 2.00 bits per heavy atom. The van der Waals surface area contributed by atoms with Crippen LogP contribution in [0, 0.1) is 10.1 Å². The number of hydrogen-bond acceptors (Lipinski definition) is 2. The molecule has 0 aromatic heterocycles. The zero-order valence-corrected chi connectivity index (χ0v) is 5.19. The van der Waals surface area contributed by atoms with E-state index in [0.717, 1.165) is 0 Å². The van der Waals surface area contributed by atoms with Crippen molar-refractivity contribution in [2.75, 3.05) is 0 Å². The molecule has 3 nitrogen and oxygen atoms in total. The standard InChI is InChI=1S/Bi.NO2/c;2-1-3. The summed E-state index contributed by atoms with van der Waals surface area (Å²) in [6.07, 6.45) is 0. The van der Waals surface area contributed by atoms with Crippen molar-refractivity contribution in [3.05, 3.63) is 10.1 Å². The van der Waals surface area contributed by atoms with Crippen LogP contribution >= 0.6 is 0 Å². The average Bonchev–Trinajstić information content (AvgIpc) is 0.811. The molecule has 0 saturated heterocycles. The zero-order chi connectivity index (χ0) is 3.58. The van der Waals surface area contributed by atoms with E-state index in [4.69, 9.17) is 10.1 Å². The van der Waals surface area contributed by atoms with E-state index in [-0.39, 0.29) is 27.9 Å². The summed E-state index contributed by atoms with van der Waals surface area (Å²) < 4.78 is -0.389. The second-order valence-electron chi connectivity index (χ2n) is 0.238. The first kappa shape index (κ1) is 4.28. The van der Waals surface area contributed by atoms with Crippen molar-refractivity contribution >= 4 is 25.0 Å². The van der Waals surface area contributed by atoms with Crippen molar-refractivity contribution in [2.45, 2.75) is 0 Å². The Balaban J connectivity index is 2.80. The first-order valence-electron chi connectivity index (χ1n) is 0.565. The van der Waals surface area contributed by atoms with Gasteiger partial charge in [-0.2, -0.15) is 0 Å². The summed E-state index contributed by atoms with van der Waals surface area (Å²) in [7, 11) is 0. The van der Waals surface area contributed by atoms with Crippen LogP contribution in [0.25, 0.3) is 0 Å². The van der Waals surface area contributed by atoms with E-state index in [2.05, 4.69) is 0 Å². The summed E-state index contributed by atoms with van der Waals surface area (Å²) in [6.45, 7) is 0. The quantitative estimate of drug-likeness (QED) is 0.328. The minimum atomic E-state index is -0.389. The van der Waals surface area contributed by atoms with E-state index in [0.29, 0.717) is 0 Å². The fourth-order valence-corrected chi connectivity index (χ4v) is 0. The second kappa shape index (κ2) is 1.59. The average molecular weight is 255 g/mol. The molecule has 0 amide bonds. The van der Waals surface area contributed by atoms with Gasteiger partial charge in [-0.1, -0.05) is 0 Å². The molecule has 4 heavy (non-hydrogen) atoms. The Morgan fingerprint density at radius 3 is 2.00 bits per heavy atom. The summed E-state index contributed by atoms with van der Waals surface area (Å²) in [5, 5.41) is 8.85. The Hall–Kier alpha value is 0.283. The van der Waals surface area contributed by atoms with E-state index in [1.165, 1.54) is 0 Å². The molecule has 0 aliphatic carbocycles. The first-order valence-corrected chi connectivity index (χ1v) is 2.12. The van der Waals surface area contributed by atoms with Gasteiger partial charge >= 0.3 is 38.0 Å². The molecule has 0 aliphatic heterocycles. The van der Waals surface area contributed by atoms with Gasteiger partial charge in [-0.05, 0) is 0 Å². The van der Waals surface area contributed by atoms with E-state index in [1.54, 1.807) is 0 Å². The minimum absolute atomic E-state index is 0.235. The second-order valence-corrected chi connectivity index (χ2v) is 1.51. The number of rotatable bonds is 0. The summed E-state index contributed by atoms with van der Waals surface area (Å²) in [5.41, 5.74) is 0. The van der Waals surface area contributed by atoms with Crippen LogP contribution in [0.5, 0.6) is 0 Å². The van der Waals surface area contributed by atoms with Crippen molar-refractivity contribution in [3.63, 3.8) is 0 Å². The van der Waals surface area contributed by atoms with Gasteiger partial charge in [0.25, 0.3) is 0 Å². The molecule has 0 rings (SSSR count). The van der Waals surface area contributed by atoms with Gasteiger partial charge in [-0.3, -0.25) is 0 Å². The van der Waals surface area contributed by atoms with Gasteiger partial charge in [0.15, 0.2) is 0 Å². The van der Waals surface area contributed by atoms with Crippen molar-refractivity contribution in [2.24, 2.45) is 0 Å². The molecule has 0 aromatic carbocycles. The molecule has 2 radical (unpaired) electrons. The molecular formula is BiNO2. The van der Waals surface area contributed by atoms with Crippen molar-refractivity contribution < 1.29 is 2.87 Å². The van der Waals surface area contributed by atoms with Crippen LogP contribution in [-0.2, 0) is 0 Å². The van der Waals surface area contributed by atoms with Crippen LogP contribution in [0.3, 0.4) is 0 Å². The fourth-order valence-electron chi connectivity index (χ4n) is 0. The van der Waals surface area contributed by atoms with Crippen LogP contribution in [-0.4, -0.2) is 27.9 Å². The van der Waals surface area contributed by atoms with Crippen molar-refractivity contribution in [1.29, 1.82) is 0 Å². The molecule has 0 saturated carbocycles. The topological polar surface area (TPSA) is 43.1 Å². The molecule has 0 aliphatic rings. The molecule has 4 heteroatoms. The predicted molar refractivity (Wildman–Crippen MR) is 12.7 cm³/mol. The third-order valence-electron chi connectivity index (χ3n) is 0. The predicted octanol–water partition coefficient (Wildman–Crippen LogP) is -0.653. The Bertz CT molecular complexity index is 29.0. The maximum absolute atomic E-state index is 8.85. The molecule has 0 aromatic rings. The van der Waals surface area contributed by atoms with E-state index in [9.17, 15) is 0 Å². The molecule has 0 spiro atoms. The summed E-state index contributed by atoms with van der Waals surface area (Å²) in [4.78, 5) is 8.85. The SMILES string of the molecule is O=[N+]([O-])[Bi]. The van der Waals surface area contributed by atoms with Crippen LogP contribution in [0.15, 0.2) is 0 Å². The molecular weight excluding hydrogens is 255 g/mol. The zero-order valence-electron chi connectivity index (χ0n) is 1.71. The third-order valence-corrected chi connectivity index (χ3v) is 0. The molecule has 0 fully saturated rings. The Kier molecular flexibility index (Phi) is 1.70. The number of nitrogens with zero attached hydrogens (tertiary/aromatic N) is 1. The number of nitro groups is 1. The fraction of sp³-hybridized carbons (Fsp3) is 0. The monoisotopic (exact) mass is 255 g/mol. The molecule has 0 bridgehead atoms. The Morgan fingerprint density at radius 2 is 2.00 bits per heavy atom. The van der Waals surface area contributed by atoms with Gasteiger partial charge in [-0.25, -0.2) is 0 Å². The van der Waals surface area contributed by atoms with Crippen molar-refractivity contribution in [1.82, 2.24) is 0 Å². The Labute approximate surface area is 38.4 Å². The van der Waals surface area contributed by atoms with Crippen molar-refractivity contribution in [3.8, 4) is 0 Å². The molecule has 0 atom stereocenters. The van der Waals surface area contributed by atoms with Gasteiger partial charge < -0.3 is 0 Å². The maximum atomic E-state index is 8.85.